The van der Waals surface area contributed by atoms with Crippen LogP contribution in [0.3, 0.4) is 0 Å². The number of rotatable bonds is 1. The molecule has 0 aromatic rings. The molecule has 1 fully saturated rings. The van der Waals surface area contributed by atoms with Crippen LogP contribution in [0.4, 0.5) is 0 Å². The molecule has 1 radical (unpaired) electrons. The quantitative estimate of drug-likeness (QED) is 0.447. The topological polar surface area (TPSA) is 23.8 Å². The summed E-state index contributed by atoms with van der Waals surface area (Å²) in [4.78, 5) is 0. The summed E-state index contributed by atoms with van der Waals surface area (Å²) in [6, 6.07) is 1.92. The first-order valence-electron chi connectivity index (χ1n) is 2.37. The fourth-order valence-electron chi connectivity index (χ4n) is 0.486. The zero-order valence-corrected chi connectivity index (χ0v) is 4.02. The van der Waals surface area contributed by atoms with Crippen LogP contribution >= 0.6 is 0 Å². The Morgan fingerprint density at radius 3 is 2.43 bits per heavy atom. The third-order valence-corrected chi connectivity index (χ3v) is 1.15. The molecule has 0 N–H and O–H groups in total. The Kier molecular flexibility index (Phi) is 0.867. The first-order chi connectivity index (χ1) is 3.34. The van der Waals surface area contributed by atoms with Crippen molar-refractivity contribution in [1.29, 1.82) is 5.26 Å². The van der Waals surface area contributed by atoms with Gasteiger partial charge in [-0.15, -0.1) is 0 Å². The lowest BCUT2D eigenvalue weighted by molar-refractivity contribution is 1.06. The highest BCUT2D eigenvalue weighted by Gasteiger charge is 2.24. The highest BCUT2D eigenvalue weighted by Crippen LogP contribution is 2.34. The van der Waals surface area contributed by atoms with Crippen molar-refractivity contribution in [2.75, 3.05) is 0 Å². The zero-order valence-electron chi connectivity index (χ0n) is 4.02. The van der Waals surface area contributed by atoms with E-state index in [4.69, 9.17) is 11.8 Å². The molecule has 0 spiro atoms. The van der Waals surface area contributed by atoms with Crippen molar-refractivity contribution in [3.63, 3.8) is 0 Å². The molecule has 0 saturated heterocycles. The van der Waals surface area contributed by atoms with Crippen LogP contribution in [0.1, 0.15) is 12.8 Å². The SMILES string of the molecule is [CH]=C(C#N)C1CC1. The molecule has 35 valence electrons. The molecule has 0 aromatic carbocycles. The van der Waals surface area contributed by atoms with Crippen LogP contribution in [0, 0.1) is 23.8 Å². The van der Waals surface area contributed by atoms with Crippen LogP contribution < -0.4 is 0 Å². The molecule has 0 bridgehead atoms. The molecule has 0 unspecified atom stereocenters. The maximum Gasteiger partial charge on any atom is 0.0950 e. The number of allylic oxidation sites excluding steroid dienone is 1. The van der Waals surface area contributed by atoms with Crippen molar-refractivity contribution >= 4 is 0 Å². The lowest BCUT2D eigenvalue weighted by Crippen LogP contribution is -1.73. The Hall–Kier alpha value is -0.770. The minimum absolute atomic E-state index is 0.449. The number of hydrogen-bond acceptors (Lipinski definition) is 1. The van der Waals surface area contributed by atoms with E-state index in [1.807, 2.05) is 6.07 Å². The van der Waals surface area contributed by atoms with Crippen molar-refractivity contribution < 1.29 is 0 Å². The summed E-state index contributed by atoms with van der Waals surface area (Å²) in [7, 11) is 0. The predicted octanol–water partition coefficient (Wildman–Crippen LogP) is 1.28. The second-order valence-corrected chi connectivity index (χ2v) is 1.84. The minimum Gasteiger partial charge on any atom is -0.193 e. The monoisotopic (exact) mass is 92.1 g/mol. The van der Waals surface area contributed by atoms with Gasteiger partial charge in [-0.3, -0.25) is 0 Å². The van der Waals surface area contributed by atoms with Gasteiger partial charge in [-0.2, -0.15) is 5.26 Å². The van der Waals surface area contributed by atoms with Gasteiger partial charge < -0.3 is 0 Å². The number of hydrogen-bond donors (Lipinski definition) is 0. The maximum atomic E-state index is 8.13. The van der Waals surface area contributed by atoms with E-state index in [1.165, 1.54) is 0 Å². The Morgan fingerprint density at radius 2 is 2.29 bits per heavy atom. The van der Waals surface area contributed by atoms with Crippen LogP contribution in [0.2, 0.25) is 0 Å². The van der Waals surface area contributed by atoms with Gasteiger partial charge in [-0.05, 0) is 25.3 Å². The molecule has 1 rings (SSSR count). The smallest absolute Gasteiger partial charge is 0.0950 e. The summed E-state index contributed by atoms with van der Waals surface area (Å²) in [5.41, 5.74) is 0.514. The Labute approximate surface area is 43.3 Å². The fourth-order valence-corrected chi connectivity index (χ4v) is 0.486. The third-order valence-electron chi connectivity index (χ3n) is 1.15. The Bertz CT molecular complexity index is 126. The summed E-state index contributed by atoms with van der Waals surface area (Å²) in [6.45, 7) is 5.23. The zero-order chi connectivity index (χ0) is 5.28. The summed E-state index contributed by atoms with van der Waals surface area (Å²) >= 11 is 0. The molecule has 0 aromatic heterocycles. The van der Waals surface area contributed by atoms with Gasteiger partial charge in [0.2, 0.25) is 0 Å². The third kappa shape index (κ3) is 0.806. The van der Waals surface area contributed by atoms with Gasteiger partial charge in [-0.1, -0.05) is 0 Å². The molecule has 0 atom stereocenters. The van der Waals surface area contributed by atoms with E-state index in [2.05, 4.69) is 0 Å². The van der Waals surface area contributed by atoms with Gasteiger partial charge in [0.1, 0.15) is 0 Å². The van der Waals surface area contributed by atoms with Crippen LogP contribution in [-0.4, -0.2) is 0 Å². The van der Waals surface area contributed by atoms with Crippen LogP contribution in [-0.2, 0) is 0 Å². The van der Waals surface area contributed by atoms with Gasteiger partial charge in [0.15, 0.2) is 0 Å². The molecular formula is C6H6N. The molecular weight excluding hydrogens is 86.1 g/mol. The van der Waals surface area contributed by atoms with Gasteiger partial charge in [0, 0.05) is 5.57 Å². The van der Waals surface area contributed by atoms with E-state index >= 15 is 0 Å². The standard InChI is InChI=1S/C6H6N/c1-5(4-7)6-2-3-6/h1,6H,2-3H2. The van der Waals surface area contributed by atoms with E-state index in [0.717, 1.165) is 12.8 Å². The molecule has 7 heavy (non-hydrogen) atoms. The van der Waals surface area contributed by atoms with Gasteiger partial charge >= 0.3 is 0 Å². The second kappa shape index (κ2) is 1.38. The normalized spacial score (nSPS) is 18.1. The highest BCUT2D eigenvalue weighted by atomic mass is 14.3. The van der Waals surface area contributed by atoms with E-state index in [9.17, 15) is 0 Å². The van der Waals surface area contributed by atoms with Crippen LogP contribution in [0.15, 0.2) is 5.57 Å². The molecule has 0 amide bonds. The first kappa shape index (κ1) is 4.39. The minimum atomic E-state index is 0.449. The average molecular weight is 92.1 g/mol. The molecule has 1 heteroatoms. The van der Waals surface area contributed by atoms with Crippen molar-refractivity contribution in [3.05, 3.63) is 12.2 Å². The molecule has 1 aliphatic rings. The highest BCUT2D eigenvalue weighted by molar-refractivity contribution is 5.21. The lowest BCUT2D eigenvalue weighted by Gasteiger charge is -1.79. The second-order valence-electron chi connectivity index (χ2n) is 1.84. The van der Waals surface area contributed by atoms with E-state index < -0.39 is 0 Å². The van der Waals surface area contributed by atoms with E-state index in [-0.39, 0.29) is 0 Å². The number of nitrogens with zero attached hydrogens (tertiary/aromatic N) is 1. The molecule has 1 nitrogen and oxygen atoms in total. The van der Waals surface area contributed by atoms with Crippen molar-refractivity contribution in [3.8, 4) is 6.07 Å². The van der Waals surface area contributed by atoms with Gasteiger partial charge in [0.05, 0.1) is 6.07 Å². The fraction of sp³-hybridized carbons (Fsp3) is 0.500. The first-order valence-corrected chi connectivity index (χ1v) is 2.37. The largest absolute Gasteiger partial charge is 0.193 e. The summed E-state index contributed by atoms with van der Waals surface area (Å²) < 4.78 is 0. The average Bonchev–Trinajstić information content (AvgIpc) is 2.44. The molecule has 0 aliphatic heterocycles. The van der Waals surface area contributed by atoms with E-state index in [0.29, 0.717) is 11.5 Å². The molecule has 0 heterocycles. The van der Waals surface area contributed by atoms with Gasteiger partial charge in [0.25, 0.3) is 0 Å². The van der Waals surface area contributed by atoms with Crippen LogP contribution in [0.5, 0.6) is 0 Å². The maximum absolute atomic E-state index is 8.13. The number of nitriles is 1. The predicted molar refractivity (Wildman–Crippen MR) is 26.1 cm³/mol. The summed E-state index contributed by atoms with van der Waals surface area (Å²) in [5.74, 6) is 0.449. The Morgan fingerprint density at radius 1 is 1.71 bits per heavy atom. The Balaban J connectivity index is 2.42. The van der Waals surface area contributed by atoms with Crippen molar-refractivity contribution in [2.45, 2.75) is 12.8 Å². The summed E-state index contributed by atoms with van der Waals surface area (Å²) in [5, 5.41) is 8.13. The van der Waals surface area contributed by atoms with Crippen molar-refractivity contribution in [1.82, 2.24) is 0 Å². The molecule has 1 aliphatic carbocycles. The van der Waals surface area contributed by atoms with E-state index in [1.54, 1.807) is 0 Å². The molecule has 1 saturated carbocycles. The van der Waals surface area contributed by atoms with Crippen LogP contribution in [0.25, 0.3) is 0 Å². The van der Waals surface area contributed by atoms with Crippen molar-refractivity contribution in [2.24, 2.45) is 5.92 Å². The lowest BCUT2D eigenvalue weighted by atomic mass is 10.2. The summed E-state index contributed by atoms with van der Waals surface area (Å²) in [6.07, 6.45) is 2.25. The van der Waals surface area contributed by atoms with Gasteiger partial charge in [-0.25, -0.2) is 0 Å².